The molecule has 4 rings (SSSR count). The van der Waals surface area contributed by atoms with Gasteiger partial charge >= 0.3 is 0 Å². The third-order valence-corrected chi connectivity index (χ3v) is 4.59. The molecule has 3 saturated heterocycles. The number of rotatable bonds is 3. The van der Waals surface area contributed by atoms with Crippen LogP contribution in [0.5, 0.6) is 0 Å². The molecule has 3 heterocycles. The Morgan fingerprint density at radius 1 is 1.11 bits per heavy atom. The molecule has 0 aromatic heterocycles. The SMILES string of the molecule is CC(C)c1ccc(NC2CN3CCC2CC3)cc1. The largest absolute Gasteiger partial charge is 0.381 e. The number of fused-ring (bicyclic) bond motifs is 3. The number of anilines is 1. The van der Waals surface area contributed by atoms with E-state index in [1.807, 2.05) is 0 Å². The Morgan fingerprint density at radius 2 is 1.78 bits per heavy atom. The molecule has 18 heavy (non-hydrogen) atoms. The van der Waals surface area contributed by atoms with Gasteiger partial charge in [0.2, 0.25) is 0 Å². The summed E-state index contributed by atoms with van der Waals surface area (Å²) in [5, 5.41) is 3.74. The lowest BCUT2D eigenvalue weighted by Crippen LogP contribution is -2.53. The highest BCUT2D eigenvalue weighted by atomic mass is 15.2. The van der Waals surface area contributed by atoms with Gasteiger partial charge in [0.05, 0.1) is 0 Å². The van der Waals surface area contributed by atoms with Crippen LogP contribution in [0.25, 0.3) is 0 Å². The van der Waals surface area contributed by atoms with E-state index in [9.17, 15) is 0 Å². The van der Waals surface area contributed by atoms with Gasteiger partial charge in [0.1, 0.15) is 0 Å². The van der Waals surface area contributed by atoms with Gasteiger partial charge in [-0.1, -0.05) is 26.0 Å². The summed E-state index contributed by atoms with van der Waals surface area (Å²) in [5.41, 5.74) is 2.72. The molecule has 3 aliphatic heterocycles. The van der Waals surface area contributed by atoms with Crippen molar-refractivity contribution < 1.29 is 0 Å². The molecule has 0 spiro atoms. The first-order chi connectivity index (χ1) is 8.72. The molecule has 0 aliphatic carbocycles. The molecule has 3 aliphatic rings. The van der Waals surface area contributed by atoms with Gasteiger partial charge in [0.15, 0.2) is 0 Å². The van der Waals surface area contributed by atoms with Crippen LogP contribution < -0.4 is 5.32 Å². The zero-order chi connectivity index (χ0) is 12.5. The minimum atomic E-state index is 0.621. The summed E-state index contributed by atoms with van der Waals surface area (Å²) in [4.78, 5) is 2.60. The number of hydrogen-bond donors (Lipinski definition) is 1. The van der Waals surface area contributed by atoms with Gasteiger partial charge in [-0.3, -0.25) is 0 Å². The topological polar surface area (TPSA) is 15.3 Å². The summed E-state index contributed by atoms with van der Waals surface area (Å²) in [7, 11) is 0. The Balaban J connectivity index is 1.65. The lowest BCUT2D eigenvalue weighted by molar-refractivity contribution is 0.0975. The molecule has 0 radical (unpaired) electrons. The zero-order valence-corrected chi connectivity index (χ0v) is 11.5. The predicted molar refractivity (Wildman–Crippen MR) is 77.1 cm³/mol. The molecule has 0 amide bonds. The Bertz CT molecular complexity index is 388. The first kappa shape index (κ1) is 12.0. The molecule has 0 saturated carbocycles. The predicted octanol–water partition coefficient (Wildman–Crippen LogP) is 3.32. The molecule has 98 valence electrons. The van der Waals surface area contributed by atoms with Gasteiger partial charge in [0.25, 0.3) is 0 Å². The standard InChI is InChI=1S/C16H24N2/c1-12(2)13-3-5-15(6-4-13)17-16-11-18-9-7-14(16)8-10-18/h3-6,12,14,16-17H,7-11H2,1-2H3. The first-order valence-electron chi connectivity index (χ1n) is 7.31. The fraction of sp³-hybridized carbons (Fsp3) is 0.625. The van der Waals surface area contributed by atoms with Crippen LogP contribution in [-0.2, 0) is 0 Å². The average molecular weight is 244 g/mol. The van der Waals surface area contributed by atoms with Crippen LogP contribution in [0, 0.1) is 5.92 Å². The fourth-order valence-electron chi connectivity index (χ4n) is 3.31. The van der Waals surface area contributed by atoms with Crippen LogP contribution in [-0.4, -0.2) is 30.6 Å². The van der Waals surface area contributed by atoms with Crippen molar-refractivity contribution in [3.05, 3.63) is 29.8 Å². The van der Waals surface area contributed by atoms with Crippen molar-refractivity contribution >= 4 is 5.69 Å². The van der Waals surface area contributed by atoms with Crippen molar-refractivity contribution in [3.8, 4) is 0 Å². The molecule has 1 atom stereocenters. The number of nitrogens with zero attached hydrogens (tertiary/aromatic N) is 1. The molecule has 1 aromatic rings. The van der Waals surface area contributed by atoms with Gasteiger partial charge < -0.3 is 10.2 Å². The van der Waals surface area contributed by atoms with E-state index in [2.05, 4.69) is 48.3 Å². The first-order valence-corrected chi connectivity index (χ1v) is 7.31. The Kier molecular flexibility index (Phi) is 3.29. The highest BCUT2D eigenvalue weighted by Crippen LogP contribution is 2.30. The second-order valence-corrected chi connectivity index (χ2v) is 6.17. The number of nitrogens with one attached hydrogen (secondary N) is 1. The van der Waals surface area contributed by atoms with Crippen molar-refractivity contribution in [1.82, 2.24) is 4.90 Å². The van der Waals surface area contributed by atoms with Gasteiger partial charge in [-0.15, -0.1) is 0 Å². The third kappa shape index (κ3) is 2.39. The summed E-state index contributed by atoms with van der Waals surface area (Å²) >= 11 is 0. The van der Waals surface area contributed by atoms with E-state index in [-0.39, 0.29) is 0 Å². The number of benzene rings is 1. The molecule has 3 fully saturated rings. The van der Waals surface area contributed by atoms with E-state index in [0.29, 0.717) is 12.0 Å². The molecule has 2 heteroatoms. The lowest BCUT2D eigenvalue weighted by atomic mass is 9.84. The van der Waals surface area contributed by atoms with Crippen molar-refractivity contribution in [2.24, 2.45) is 5.92 Å². The second-order valence-electron chi connectivity index (χ2n) is 6.17. The van der Waals surface area contributed by atoms with E-state index >= 15 is 0 Å². The summed E-state index contributed by atoms with van der Waals surface area (Å²) in [5.74, 6) is 1.51. The molecular formula is C16H24N2. The summed E-state index contributed by atoms with van der Waals surface area (Å²) in [6.45, 7) is 8.35. The van der Waals surface area contributed by atoms with E-state index in [1.54, 1.807) is 0 Å². The second kappa shape index (κ2) is 4.93. The third-order valence-electron chi connectivity index (χ3n) is 4.59. The highest BCUT2D eigenvalue weighted by molar-refractivity contribution is 5.46. The van der Waals surface area contributed by atoms with Crippen LogP contribution in [0.3, 0.4) is 0 Å². The molecule has 2 nitrogen and oxygen atoms in total. The van der Waals surface area contributed by atoms with E-state index in [1.165, 1.54) is 43.7 Å². The van der Waals surface area contributed by atoms with E-state index < -0.39 is 0 Å². The van der Waals surface area contributed by atoms with Crippen molar-refractivity contribution in [1.29, 1.82) is 0 Å². The maximum atomic E-state index is 3.74. The minimum Gasteiger partial charge on any atom is -0.381 e. The zero-order valence-electron chi connectivity index (χ0n) is 11.5. The van der Waals surface area contributed by atoms with Gasteiger partial charge in [0, 0.05) is 18.3 Å². The fourth-order valence-corrected chi connectivity index (χ4v) is 3.31. The Hall–Kier alpha value is -1.02. The van der Waals surface area contributed by atoms with Crippen LogP contribution in [0.15, 0.2) is 24.3 Å². The normalized spacial score (nSPS) is 30.7. The average Bonchev–Trinajstić information content (AvgIpc) is 2.41. The van der Waals surface area contributed by atoms with Crippen LogP contribution >= 0.6 is 0 Å². The van der Waals surface area contributed by atoms with Crippen LogP contribution in [0.1, 0.15) is 38.2 Å². The number of hydrogen-bond acceptors (Lipinski definition) is 2. The van der Waals surface area contributed by atoms with E-state index in [4.69, 9.17) is 0 Å². The number of piperidine rings is 3. The molecule has 2 bridgehead atoms. The van der Waals surface area contributed by atoms with Crippen molar-refractivity contribution in [3.63, 3.8) is 0 Å². The van der Waals surface area contributed by atoms with Crippen molar-refractivity contribution in [2.75, 3.05) is 25.0 Å². The van der Waals surface area contributed by atoms with Gasteiger partial charge in [-0.25, -0.2) is 0 Å². The maximum absolute atomic E-state index is 3.74. The quantitative estimate of drug-likeness (QED) is 0.877. The minimum absolute atomic E-state index is 0.621. The van der Waals surface area contributed by atoms with Gasteiger partial charge in [-0.05, 0) is 55.5 Å². The monoisotopic (exact) mass is 244 g/mol. The van der Waals surface area contributed by atoms with Crippen LogP contribution in [0.2, 0.25) is 0 Å². The lowest BCUT2D eigenvalue weighted by Gasteiger charge is -2.45. The Labute approximate surface area is 110 Å². The summed E-state index contributed by atoms with van der Waals surface area (Å²) in [6.07, 6.45) is 2.75. The van der Waals surface area contributed by atoms with E-state index in [0.717, 1.165) is 5.92 Å². The van der Waals surface area contributed by atoms with Gasteiger partial charge in [-0.2, -0.15) is 0 Å². The van der Waals surface area contributed by atoms with Crippen molar-refractivity contribution in [2.45, 2.75) is 38.6 Å². The Morgan fingerprint density at radius 3 is 2.28 bits per heavy atom. The highest BCUT2D eigenvalue weighted by Gasteiger charge is 2.33. The molecular weight excluding hydrogens is 220 g/mol. The van der Waals surface area contributed by atoms with Crippen LogP contribution in [0.4, 0.5) is 5.69 Å². The smallest absolute Gasteiger partial charge is 0.0417 e. The molecule has 1 N–H and O–H groups in total. The molecule has 1 aromatic carbocycles. The summed E-state index contributed by atoms with van der Waals surface area (Å²) in [6, 6.07) is 9.67. The summed E-state index contributed by atoms with van der Waals surface area (Å²) < 4.78 is 0. The molecule has 1 unspecified atom stereocenters. The maximum Gasteiger partial charge on any atom is 0.0417 e.